The molecule has 0 saturated carbocycles. The van der Waals surface area contributed by atoms with Gasteiger partial charge >= 0.3 is 0 Å². The van der Waals surface area contributed by atoms with Gasteiger partial charge in [-0.2, -0.15) is 0 Å². The molecule has 0 aliphatic carbocycles. The average molecular weight is 243 g/mol. The first kappa shape index (κ1) is 13.1. The number of rotatable bonds is 5. The smallest absolute Gasteiger partial charge is 0.264 e. The molecular weight excluding hydrogens is 226 g/mol. The van der Waals surface area contributed by atoms with Crippen molar-refractivity contribution >= 4 is 17.4 Å². The van der Waals surface area contributed by atoms with E-state index in [0.717, 1.165) is 18.0 Å². The second-order valence-electron chi connectivity index (χ2n) is 4.13. The summed E-state index contributed by atoms with van der Waals surface area (Å²) in [4.78, 5) is 12.0. The zero-order valence-corrected chi connectivity index (χ0v) is 10.5. The Balaban J connectivity index is 2.48. The maximum atomic E-state index is 11.6. The zero-order chi connectivity index (χ0) is 12.2. The van der Waals surface area contributed by atoms with E-state index in [-0.39, 0.29) is 18.4 Å². The molecule has 90 valence electrons. The van der Waals surface area contributed by atoms with Crippen molar-refractivity contribution in [3.8, 4) is 0 Å². The highest BCUT2D eigenvalue weighted by molar-refractivity contribution is 7.07. The van der Waals surface area contributed by atoms with Gasteiger partial charge in [0.05, 0.1) is 11.8 Å². The van der Waals surface area contributed by atoms with Crippen molar-refractivity contribution in [1.29, 1.82) is 0 Å². The van der Waals surface area contributed by atoms with E-state index < -0.39 is 5.60 Å². The Bertz CT molecular complexity index is 338. The Hall–Kier alpha value is -1.01. The topological polar surface area (TPSA) is 75.1 Å². The third-order valence-corrected chi connectivity index (χ3v) is 3.53. The van der Waals surface area contributed by atoms with E-state index in [1.54, 1.807) is 6.92 Å². The molecule has 0 spiro atoms. The van der Waals surface area contributed by atoms with Crippen molar-refractivity contribution in [2.45, 2.75) is 32.8 Å². The Kier molecular flexibility index (Phi) is 4.37. The molecule has 2 atom stereocenters. The van der Waals surface area contributed by atoms with Crippen LogP contribution in [0.4, 0.5) is 0 Å². The minimum atomic E-state index is -0.886. The zero-order valence-electron chi connectivity index (χ0n) is 9.73. The van der Waals surface area contributed by atoms with Crippen molar-refractivity contribution < 1.29 is 9.90 Å². The Labute approximate surface area is 99.0 Å². The molecule has 0 fully saturated rings. The summed E-state index contributed by atoms with van der Waals surface area (Å²) in [6.07, 6.45) is 2.28. The van der Waals surface area contributed by atoms with Crippen molar-refractivity contribution in [2.24, 2.45) is 5.92 Å². The van der Waals surface area contributed by atoms with Crippen molar-refractivity contribution in [2.75, 3.05) is 6.54 Å². The van der Waals surface area contributed by atoms with Crippen LogP contribution in [0.1, 0.15) is 36.9 Å². The highest BCUT2D eigenvalue weighted by atomic mass is 32.1. The number of hydrogen-bond donors (Lipinski definition) is 2. The maximum absolute atomic E-state index is 11.6. The Morgan fingerprint density at radius 1 is 1.75 bits per heavy atom. The largest absolute Gasteiger partial charge is 0.388 e. The lowest BCUT2D eigenvalue weighted by molar-refractivity contribution is 0.00596. The molecule has 1 amide bonds. The first-order valence-electron chi connectivity index (χ1n) is 5.25. The predicted molar refractivity (Wildman–Crippen MR) is 62.3 cm³/mol. The summed E-state index contributed by atoms with van der Waals surface area (Å²) in [5.41, 5.74) is -0.886. The minimum absolute atomic E-state index is 0.132. The predicted octanol–water partition coefficient (Wildman–Crippen LogP) is 1.06. The number of carbonyl (C=O) groups excluding carboxylic acids is 1. The molecule has 1 heterocycles. The van der Waals surface area contributed by atoms with Gasteiger partial charge < -0.3 is 10.4 Å². The fraction of sp³-hybridized carbons (Fsp3) is 0.700. The van der Waals surface area contributed by atoms with Crippen LogP contribution in [-0.4, -0.2) is 32.7 Å². The molecule has 2 N–H and O–H groups in total. The summed E-state index contributed by atoms with van der Waals surface area (Å²) >= 11 is 1.04. The van der Waals surface area contributed by atoms with Crippen LogP contribution in [-0.2, 0) is 0 Å². The summed E-state index contributed by atoms with van der Waals surface area (Å²) < 4.78 is 3.61. The van der Waals surface area contributed by atoms with Crippen LogP contribution in [0.5, 0.6) is 0 Å². The van der Waals surface area contributed by atoms with Gasteiger partial charge in [-0.3, -0.25) is 4.79 Å². The second-order valence-corrected chi connectivity index (χ2v) is 4.92. The van der Waals surface area contributed by atoms with Crippen LogP contribution in [0.3, 0.4) is 0 Å². The van der Waals surface area contributed by atoms with Crippen molar-refractivity contribution in [3.63, 3.8) is 0 Å². The van der Waals surface area contributed by atoms with Crippen LogP contribution in [0, 0.1) is 5.92 Å². The minimum Gasteiger partial charge on any atom is -0.388 e. The van der Waals surface area contributed by atoms with E-state index in [2.05, 4.69) is 14.9 Å². The van der Waals surface area contributed by atoms with Crippen LogP contribution in [0.25, 0.3) is 0 Å². The lowest BCUT2D eigenvalue weighted by Crippen LogP contribution is -2.44. The van der Waals surface area contributed by atoms with E-state index in [1.807, 2.05) is 13.8 Å². The third kappa shape index (κ3) is 3.24. The van der Waals surface area contributed by atoms with Crippen molar-refractivity contribution in [1.82, 2.24) is 14.9 Å². The van der Waals surface area contributed by atoms with Gasteiger partial charge in [-0.15, -0.1) is 5.10 Å². The van der Waals surface area contributed by atoms with Crippen LogP contribution in [0.2, 0.25) is 0 Å². The molecule has 2 unspecified atom stereocenters. The number of nitrogens with zero attached hydrogens (tertiary/aromatic N) is 2. The summed E-state index contributed by atoms with van der Waals surface area (Å²) in [6, 6.07) is 0. The number of nitrogens with one attached hydrogen (secondary N) is 1. The SMILES string of the molecule is CCC(C)C(C)(O)CNC(=O)c1cnns1. The molecule has 0 aliphatic rings. The van der Waals surface area contributed by atoms with Gasteiger partial charge in [0.1, 0.15) is 4.88 Å². The fourth-order valence-electron chi connectivity index (χ4n) is 1.23. The van der Waals surface area contributed by atoms with Gasteiger partial charge in [0.25, 0.3) is 5.91 Å². The highest BCUT2D eigenvalue weighted by Gasteiger charge is 2.27. The number of aromatic nitrogens is 2. The molecule has 16 heavy (non-hydrogen) atoms. The van der Waals surface area contributed by atoms with Crippen LogP contribution in [0.15, 0.2) is 6.20 Å². The van der Waals surface area contributed by atoms with Gasteiger partial charge in [-0.05, 0) is 24.4 Å². The monoisotopic (exact) mass is 243 g/mol. The van der Waals surface area contributed by atoms with Gasteiger partial charge in [0, 0.05) is 6.54 Å². The standard InChI is InChI=1S/C10H17N3O2S/c1-4-7(2)10(3,15)6-11-9(14)8-5-12-13-16-8/h5,7,15H,4,6H2,1-3H3,(H,11,14). The molecule has 0 aliphatic heterocycles. The van der Waals surface area contributed by atoms with Gasteiger partial charge in [-0.25, -0.2) is 0 Å². The molecule has 0 radical (unpaired) electrons. The number of amides is 1. The Morgan fingerprint density at radius 2 is 2.44 bits per heavy atom. The van der Waals surface area contributed by atoms with E-state index in [1.165, 1.54) is 6.20 Å². The molecular formula is C10H17N3O2S. The fourth-order valence-corrected chi connectivity index (χ4v) is 1.66. The summed E-state index contributed by atoms with van der Waals surface area (Å²) in [5, 5.41) is 16.4. The first-order valence-corrected chi connectivity index (χ1v) is 6.02. The first-order chi connectivity index (χ1) is 7.47. The van der Waals surface area contributed by atoms with Gasteiger partial charge in [0.15, 0.2) is 0 Å². The lowest BCUT2D eigenvalue weighted by Gasteiger charge is -2.29. The number of hydrogen-bond acceptors (Lipinski definition) is 5. The molecule has 6 heteroatoms. The van der Waals surface area contributed by atoms with Gasteiger partial charge in [0.2, 0.25) is 0 Å². The van der Waals surface area contributed by atoms with E-state index >= 15 is 0 Å². The molecule has 0 bridgehead atoms. The summed E-state index contributed by atoms with van der Waals surface area (Å²) in [5.74, 6) is -0.106. The normalized spacial score (nSPS) is 16.5. The van der Waals surface area contributed by atoms with E-state index in [9.17, 15) is 9.90 Å². The lowest BCUT2D eigenvalue weighted by atomic mass is 9.89. The molecule has 1 aromatic rings. The quantitative estimate of drug-likeness (QED) is 0.811. The van der Waals surface area contributed by atoms with Gasteiger partial charge in [-0.1, -0.05) is 24.8 Å². The maximum Gasteiger partial charge on any atom is 0.264 e. The van der Waals surface area contributed by atoms with Crippen molar-refractivity contribution in [3.05, 3.63) is 11.1 Å². The highest BCUT2D eigenvalue weighted by Crippen LogP contribution is 2.19. The summed E-state index contributed by atoms with van der Waals surface area (Å²) in [7, 11) is 0. The molecule has 5 nitrogen and oxygen atoms in total. The Morgan fingerprint density at radius 3 is 2.94 bits per heavy atom. The van der Waals surface area contributed by atoms with Crippen LogP contribution < -0.4 is 5.32 Å². The van der Waals surface area contributed by atoms with E-state index in [4.69, 9.17) is 0 Å². The third-order valence-electron chi connectivity index (χ3n) is 2.87. The average Bonchev–Trinajstić information content (AvgIpc) is 2.78. The molecule has 1 rings (SSSR count). The molecule has 0 aromatic carbocycles. The number of carbonyl (C=O) groups is 1. The molecule has 1 aromatic heterocycles. The summed E-state index contributed by atoms with van der Waals surface area (Å²) in [6.45, 7) is 5.93. The second kappa shape index (κ2) is 5.36. The van der Waals surface area contributed by atoms with Crippen LogP contribution >= 0.6 is 11.5 Å². The molecule has 0 saturated heterocycles. The number of aliphatic hydroxyl groups is 1. The van der Waals surface area contributed by atoms with E-state index in [0.29, 0.717) is 4.88 Å².